The van der Waals surface area contributed by atoms with E-state index in [-0.39, 0.29) is 0 Å². The van der Waals surface area contributed by atoms with Gasteiger partial charge in [0.25, 0.3) is 0 Å². The molecule has 0 spiro atoms. The normalized spacial score (nSPS) is 11.3. The summed E-state index contributed by atoms with van der Waals surface area (Å²) in [6, 6.07) is 11.2. The number of rotatable bonds is 0. The molecule has 90 valence electrons. The van der Waals surface area contributed by atoms with E-state index in [4.69, 9.17) is 0 Å². The molecule has 0 amide bonds. The van der Waals surface area contributed by atoms with E-state index in [0.717, 1.165) is 0 Å². The highest BCUT2D eigenvalue weighted by atomic mass is 14.9. The van der Waals surface area contributed by atoms with Gasteiger partial charge in [0.15, 0.2) is 11.9 Å². The van der Waals surface area contributed by atoms with Crippen LogP contribution in [0.2, 0.25) is 0 Å². The van der Waals surface area contributed by atoms with Crippen LogP contribution >= 0.6 is 0 Å². The van der Waals surface area contributed by atoms with Crippen molar-refractivity contribution in [3.63, 3.8) is 0 Å². The van der Waals surface area contributed by atoms with Crippen LogP contribution in [0.15, 0.2) is 36.5 Å². The van der Waals surface area contributed by atoms with Crippen LogP contribution in [0.5, 0.6) is 0 Å². The Kier molecular flexibility index (Phi) is 2.37. The summed E-state index contributed by atoms with van der Waals surface area (Å²) in [6.07, 6.45) is 2.13. The van der Waals surface area contributed by atoms with Gasteiger partial charge in [0.1, 0.15) is 7.05 Å². The molecule has 3 rings (SSSR count). The fraction of sp³-hybridized carbons (Fsp3) is 0.235. The first kappa shape index (κ1) is 11.2. The molecule has 0 atom stereocenters. The summed E-state index contributed by atoms with van der Waals surface area (Å²) in [6.45, 7) is 6.56. The van der Waals surface area contributed by atoms with Gasteiger partial charge in [0.2, 0.25) is 0 Å². The molecule has 0 unspecified atom stereocenters. The van der Waals surface area contributed by atoms with Crippen molar-refractivity contribution in [1.82, 2.24) is 0 Å². The Hall–Kier alpha value is -1.89. The molecule has 0 N–H and O–H groups in total. The van der Waals surface area contributed by atoms with Crippen molar-refractivity contribution >= 4 is 21.5 Å². The molecule has 0 aliphatic carbocycles. The van der Waals surface area contributed by atoms with Crippen molar-refractivity contribution in [2.75, 3.05) is 0 Å². The van der Waals surface area contributed by atoms with Crippen LogP contribution in [0, 0.1) is 20.8 Å². The molecule has 2 aromatic carbocycles. The van der Waals surface area contributed by atoms with E-state index in [9.17, 15) is 0 Å². The van der Waals surface area contributed by atoms with Crippen LogP contribution in [-0.4, -0.2) is 0 Å². The van der Waals surface area contributed by atoms with Gasteiger partial charge in [-0.1, -0.05) is 24.3 Å². The van der Waals surface area contributed by atoms with Crippen molar-refractivity contribution in [1.29, 1.82) is 0 Å². The van der Waals surface area contributed by atoms with Crippen molar-refractivity contribution in [2.24, 2.45) is 7.05 Å². The predicted molar refractivity (Wildman–Crippen MR) is 76.8 cm³/mol. The molecule has 0 aliphatic heterocycles. The molecule has 1 heteroatoms. The van der Waals surface area contributed by atoms with Crippen LogP contribution in [0.4, 0.5) is 0 Å². The standard InChI is InChI=1S/C17H18N/c1-11-9-15-6-5-14-7-8-18(4)13(3)17(14)16(15)10-12(11)2/h5-10H,1-4H3/q+1. The van der Waals surface area contributed by atoms with Crippen molar-refractivity contribution in [3.05, 3.63) is 53.3 Å². The van der Waals surface area contributed by atoms with Gasteiger partial charge in [0.05, 0.1) is 5.39 Å². The quantitative estimate of drug-likeness (QED) is 0.413. The highest BCUT2D eigenvalue weighted by Crippen LogP contribution is 2.28. The van der Waals surface area contributed by atoms with Gasteiger partial charge in [-0.25, -0.2) is 4.57 Å². The largest absolute Gasteiger partial charge is 0.205 e. The van der Waals surface area contributed by atoms with Crippen LogP contribution in [0.3, 0.4) is 0 Å². The maximum atomic E-state index is 2.32. The number of aromatic nitrogens is 1. The minimum Gasteiger partial charge on any atom is -0.205 e. The van der Waals surface area contributed by atoms with Gasteiger partial charge in [-0.2, -0.15) is 0 Å². The lowest BCUT2D eigenvalue weighted by Crippen LogP contribution is -2.31. The molecule has 3 aromatic rings. The third-order valence-corrected chi connectivity index (χ3v) is 4.03. The summed E-state index contributed by atoms with van der Waals surface area (Å²) in [5.41, 5.74) is 4.04. The topological polar surface area (TPSA) is 3.88 Å². The Morgan fingerprint density at radius 2 is 1.50 bits per heavy atom. The lowest BCUT2D eigenvalue weighted by Gasteiger charge is -2.08. The average Bonchev–Trinajstić information content (AvgIpc) is 2.35. The van der Waals surface area contributed by atoms with Gasteiger partial charge >= 0.3 is 0 Å². The van der Waals surface area contributed by atoms with E-state index >= 15 is 0 Å². The first-order valence-electron chi connectivity index (χ1n) is 6.37. The highest BCUT2D eigenvalue weighted by molar-refractivity contribution is 6.08. The molecule has 0 aliphatic rings. The maximum Gasteiger partial charge on any atom is 0.186 e. The van der Waals surface area contributed by atoms with Crippen LogP contribution in [0.1, 0.15) is 16.8 Å². The zero-order chi connectivity index (χ0) is 12.9. The predicted octanol–water partition coefficient (Wildman–Crippen LogP) is 3.74. The fourth-order valence-corrected chi connectivity index (χ4v) is 2.63. The highest BCUT2D eigenvalue weighted by Gasteiger charge is 2.11. The summed E-state index contributed by atoms with van der Waals surface area (Å²) >= 11 is 0. The third-order valence-electron chi connectivity index (χ3n) is 4.03. The molecular weight excluding hydrogens is 218 g/mol. The lowest BCUT2D eigenvalue weighted by atomic mass is 9.97. The van der Waals surface area contributed by atoms with E-state index in [0.29, 0.717) is 0 Å². The summed E-state index contributed by atoms with van der Waals surface area (Å²) in [4.78, 5) is 0. The first-order chi connectivity index (χ1) is 8.58. The molecule has 0 bridgehead atoms. The Morgan fingerprint density at radius 1 is 0.833 bits per heavy atom. The molecule has 0 saturated heterocycles. The van der Waals surface area contributed by atoms with Gasteiger partial charge in [0, 0.05) is 13.0 Å². The van der Waals surface area contributed by atoms with E-state index in [2.05, 4.69) is 68.9 Å². The molecule has 1 nitrogen and oxygen atoms in total. The Balaban J connectivity index is 2.59. The molecule has 0 radical (unpaired) electrons. The number of fused-ring (bicyclic) bond motifs is 3. The SMILES string of the molecule is Cc1cc2ccc3cc[n+](C)c(C)c3c2cc1C. The summed E-state index contributed by atoms with van der Waals surface area (Å²) < 4.78 is 2.19. The van der Waals surface area contributed by atoms with Gasteiger partial charge in [-0.3, -0.25) is 0 Å². The first-order valence-corrected chi connectivity index (χ1v) is 6.37. The van der Waals surface area contributed by atoms with E-state index in [1.165, 1.54) is 38.4 Å². The Morgan fingerprint density at radius 3 is 2.28 bits per heavy atom. The molecule has 18 heavy (non-hydrogen) atoms. The van der Waals surface area contributed by atoms with Gasteiger partial charge < -0.3 is 0 Å². The number of hydrogen-bond acceptors (Lipinski definition) is 0. The van der Waals surface area contributed by atoms with E-state index < -0.39 is 0 Å². The minimum atomic E-state index is 1.32. The third kappa shape index (κ3) is 1.51. The Labute approximate surface area is 108 Å². The van der Waals surface area contributed by atoms with Gasteiger partial charge in [-0.05, 0) is 41.1 Å². The number of aryl methyl sites for hydroxylation is 4. The number of benzene rings is 2. The zero-order valence-corrected chi connectivity index (χ0v) is 11.4. The smallest absolute Gasteiger partial charge is 0.186 e. The fourth-order valence-electron chi connectivity index (χ4n) is 2.63. The van der Waals surface area contributed by atoms with Crippen molar-refractivity contribution in [2.45, 2.75) is 20.8 Å². The molecule has 1 heterocycles. The second-order valence-corrected chi connectivity index (χ2v) is 5.20. The number of hydrogen-bond donors (Lipinski definition) is 0. The summed E-state index contributed by atoms with van der Waals surface area (Å²) in [7, 11) is 2.11. The van der Waals surface area contributed by atoms with Crippen molar-refractivity contribution < 1.29 is 4.57 Å². The van der Waals surface area contributed by atoms with E-state index in [1.54, 1.807) is 0 Å². The molecular formula is C17H18N+. The number of nitrogens with zero attached hydrogens (tertiary/aromatic N) is 1. The van der Waals surface area contributed by atoms with Crippen LogP contribution < -0.4 is 4.57 Å². The summed E-state index contributed by atoms with van der Waals surface area (Å²) in [5.74, 6) is 0. The Bertz CT molecular complexity index is 770. The van der Waals surface area contributed by atoms with Gasteiger partial charge in [-0.15, -0.1) is 0 Å². The average molecular weight is 236 g/mol. The minimum absolute atomic E-state index is 1.32. The van der Waals surface area contributed by atoms with E-state index in [1.807, 2.05) is 0 Å². The van der Waals surface area contributed by atoms with Crippen LogP contribution in [0.25, 0.3) is 21.5 Å². The molecule has 1 aromatic heterocycles. The summed E-state index contributed by atoms with van der Waals surface area (Å²) in [5, 5.41) is 5.39. The lowest BCUT2D eigenvalue weighted by molar-refractivity contribution is -0.676. The second kappa shape index (κ2) is 3.81. The molecule has 0 saturated carbocycles. The zero-order valence-electron chi connectivity index (χ0n) is 11.4. The maximum absolute atomic E-state index is 2.32. The molecule has 0 fully saturated rings. The monoisotopic (exact) mass is 236 g/mol. The number of pyridine rings is 1. The van der Waals surface area contributed by atoms with Crippen molar-refractivity contribution in [3.8, 4) is 0 Å². The second-order valence-electron chi connectivity index (χ2n) is 5.20. The van der Waals surface area contributed by atoms with Crippen LogP contribution in [-0.2, 0) is 7.05 Å².